The minimum absolute atomic E-state index is 0.130. The van der Waals surface area contributed by atoms with Crippen LogP contribution < -0.4 is 0 Å². The smallest absolute Gasteiger partial charge is 0.390 e. The molecule has 0 radical (unpaired) electrons. The summed E-state index contributed by atoms with van der Waals surface area (Å²) in [6.07, 6.45) is 6.54. The topological polar surface area (TPSA) is 69.2 Å². The van der Waals surface area contributed by atoms with Gasteiger partial charge in [0.25, 0.3) is 5.91 Å². The van der Waals surface area contributed by atoms with E-state index in [9.17, 15) is 23.1 Å². The van der Waals surface area contributed by atoms with Crippen LogP contribution >= 0.6 is 11.8 Å². The van der Waals surface area contributed by atoms with Gasteiger partial charge in [-0.05, 0) is 81.3 Å². The van der Waals surface area contributed by atoms with Gasteiger partial charge in [-0.1, -0.05) is 6.08 Å². The van der Waals surface area contributed by atoms with E-state index in [0.717, 1.165) is 12.8 Å². The van der Waals surface area contributed by atoms with E-state index in [2.05, 4.69) is 10.2 Å². The molecule has 1 aromatic rings. The minimum Gasteiger partial charge on any atom is -0.390 e. The van der Waals surface area contributed by atoms with E-state index in [1.165, 1.54) is 6.08 Å². The van der Waals surface area contributed by atoms with Crippen LogP contribution in [0, 0.1) is 5.92 Å². The monoisotopic (exact) mass is 429 g/mol. The number of rotatable bonds is 5. The largest absolute Gasteiger partial charge is 0.446 e. The number of alkyl halides is 3. The Hall–Kier alpha value is -1.74. The predicted octanol–water partition coefficient (Wildman–Crippen LogP) is 4.74. The molecular weight excluding hydrogens is 403 g/mol. The lowest BCUT2D eigenvalue weighted by atomic mass is 9.86. The van der Waals surface area contributed by atoms with Gasteiger partial charge in [0.2, 0.25) is 0 Å². The summed E-state index contributed by atoms with van der Waals surface area (Å²) in [5.41, 5.74) is -3.48. The van der Waals surface area contributed by atoms with Crippen LogP contribution in [0.1, 0.15) is 62.1 Å². The average Bonchev–Trinajstić information content (AvgIpc) is 3.09. The van der Waals surface area contributed by atoms with Crippen LogP contribution in [0.3, 0.4) is 0 Å². The van der Waals surface area contributed by atoms with Gasteiger partial charge in [-0.25, -0.2) is 0 Å². The van der Waals surface area contributed by atoms with Gasteiger partial charge in [-0.3, -0.25) is 9.89 Å². The molecule has 0 bridgehead atoms. The first-order chi connectivity index (χ1) is 13.5. The van der Waals surface area contributed by atoms with Crippen molar-refractivity contribution in [3.63, 3.8) is 0 Å². The number of halogens is 3. The van der Waals surface area contributed by atoms with E-state index in [1.54, 1.807) is 30.9 Å². The summed E-state index contributed by atoms with van der Waals surface area (Å²) < 4.78 is 37.8. The first kappa shape index (κ1) is 22.0. The first-order valence-corrected chi connectivity index (χ1v) is 10.6. The van der Waals surface area contributed by atoms with Crippen LogP contribution in [0.5, 0.6) is 0 Å². The number of likely N-dealkylation sites (tertiary alicyclic amines) is 1. The third-order valence-corrected chi connectivity index (χ3v) is 5.89. The van der Waals surface area contributed by atoms with E-state index in [0.29, 0.717) is 55.2 Å². The molecule has 1 aliphatic heterocycles. The Morgan fingerprint density at radius 2 is 2.03 bits per heavy atom. The van der Waals surface area contributed by atoms with E-state index >= 15 is 0 Å². The fourth-order valence-electron chi connectivity index (χ4n) is 3.89. The second-order valence-electron chi connectivity index (χ2n) is 8.28. The van der Waals surface area contributed by atoms with Crippen molar-refractivity contribution in [3.8, 4) is 0 Å². The fourth-order valence-corrected chi connectivity index (χ4v) is 4.56. The molecule has 1 aliphatic carbocycles. The van der Waals surface area contributed by atoms with E-state index in [4.69, 9.17) is 0 Å². The highest BCUT2D eigenvalue weighted by atomic mass is 32.2. The Bertz CT molecular complexity index is 801. The van der Waals surface area contributed by atoms with E-state index in [1.807, 2.05) is 0 Å². The Kier molecular flexibility index (Phi) is 6.48. The molecule has 3 rings (SSSR count). The number of carbonyl (C=O) groups excluding carboxylic acids is 1. The van der Waals surface area contributed by atoms with Gasteiger partial charge in [0.05, 0.1) is 11.3 Å². The van der Waals surface area contributed by atoms with Gasteiger partial charge >= 0.3 is 5.51 Å². The van der Waals surface area contributed by atoms with Crippen molar-refractivity contribution in [1.29, 1.82) is 0 Å². The highest BCUT2D eigenvalue weighted by molar-refractivity contribution is 8.04. The van der Waals surface area contributed by atoms with Crippen LogP contribution in [0.15, 0.2) is 23.1 Å². The second-order valence-corrected chi connectivity index (χ2v) is 9.42. The molecular formula is C20H26F3N3O2S. The van der Waals surface area contributed by atoms with Crippen molar-refractivity contribution in [1.82, 2.24) is 15.1 Å². The van der Waals surface area contributed by atoms with Crippen LogP contribution in [-0.4, -0.2) is 50.3 Å². The Morgan fingerprint density at radius 3 is 2.66 bits per heavy atom. The quantitative estimate of drug-likeness (QED) is 0.710. The van der Waals surface area contributed by atoms with Crippen LogP contribution in [0.2, 0.25) is 0 Å². The number of hydrogen-bond donors (Lipinski definition) is 2. The molecule has 0 aromatic carbocycles. The molecule has 1 fully saturated rings. The molecule has 29 heavy (non-hydrogen) atoms. The molecule has 9 heteroatoms. The fraction of sp³-hybridized carbons (Fsp3) is 0.600. The highest BCUT2D eigenvalue weighted by Crippen LogP contribution is 2.40. The zero-order chi connectivity index (χ0) is 21.2. The van der Waals surface area contributed by atoms with Crippen molar-refractivity contribution in [2.45, 2.75) is 57.1 Å². The summed E-state index contributed by atoms with van der Waals surface area (Å²) in [6.45, 7) is 4.83. The van der Waals surface area contributed by atoms with E-state index in [-0.39, 0.29) is 22.6 Å². The zero-order valence-electron chi connectivity index (χ0n) is 16.6. The molecule has 1 saturated heterocycles. The third-order valence-electron chi connectivity index (χ3n) is 5.14. The normalized spacial score (nSPS) is 19.2. The van der Waals surface area contributed by atoms with Crippen LogP contribution in [-0.2, 0) is 0 Å². The molecule has 2 heterocycles. The predicted molar refractivity (Wildman–Crippen MR) is 107 cm³/mol. The molecule has 0 atom stereocenters. The van der Waals surface area contributed by atoms with Crippen LogP contribution in [0.4, 0.5) is 13.2 Å². The lowest BCUT2D eigenvalue weighted by molar-refractivity contribution is -0.0321. The Morgan fingerprint density at radius 1 is 1.34 bits per heavy atom. The van der Waals surface area contributed by atoms with Crippen molar-refractivity contribution in [2.75, 3.05) is 13.1 Å². The van der Waals surface area contributed by atoms with Crippen molar-refractivity contribution in [3.05, 3.63) is 34.5 Å². The number of aromatic nitrogens is 2. The number of aromatic amines is 1. The van der Waals surface area contributed by atoms with Gasteiger partial charge in [-0.2, -0.15) is 18.3 Å². The van der Waals surface area contributed by atoms with Crippen molar-refractivity contribution in [2.24, 2.45) is 5.92 Å². The number of allylic oxidation sites excluding steroid dienone is 3. The standard InChI is InChI=1S/C20H26F3N3O2S/c1-19(2,28)12-13-6-8-26(9-7-13)18(27)17-11-16(24-25-17)14-4-3-5-15(10-14)29-20(21,22)23/h5,10-11,13,28H,3-4,6-9,12H2,1-2H3,(H,24,25). The lowest BCUT2D eigenvalue weighted by Gasteiger charge is -2.34. The molecule has 160 valence electrons. The van der Waals surface area contributed by atoms with E-state index < -0.39 is 11.1 Å². The number of hydrogen-bond acceptors (Lipinski definition) is 4. The van der Waals surface area contributed by atoms with Crippen LogP contribution in [0.25, 0.3) is 5.57 Å². The molecule has 1 amide bonds. The maximum absolute atomic E-state index is 12.8. The number of nitrogens with zero attached hydrogens (tertiary/aromatic N) is 2. The molecule has 0 unspecified atom stereocenters. The number of nitrogens with one attached hydrogen (secondary N) is 1. The van der Waals surface area contributed by atoms with Gasteiger partial charge in [0.1, 0.15) is 5.69 Å². The van der Waals surface area contributed by atoms with Gasteiger partial charge < -0.3 is 10.0 Å². The van der Waals surface area contributed by atoms with Gasteiger partial charge in [-0.15, -0.1) is 0 Å². The van der Waals surface area contributed by atoms with Gasteiger partial charge in [0.15, 0.2) is 0 Å². The summed E-state index contributed by atoms with van der Waals surface area (Å²) in [5, 5.41) is 16.9. The number of piperidine rings is 1. The summed E-state index contributed by atoms with van der Waals surface area (Å²) in [7, 11) is 0. The summed E-state index contributed by atoms with van der Waals surface area (Å²) in [4.78, 5) is 14.7. The molecule has 1 aromatic heterocycles. The molecule has 5 nitrogen and oxygen atoms in total. The summed E-state index contributed by atoms with van der Waals surface area (Å²) >= 11 is -0.130. The Labute approximate surface area is 172 Å². The SMILES string of the molecule is CC(C)(O)CC1CCN(C(=O)c2cc(C3=CC(SC(F)(F)F)=CCC3)n[nH]2)CC1. The van der Waals surface area contributed by atoms with Crippen molar-refractivity contribution < 1.29 is 23.1 Å². The highest BCUT2D eigenvalue weighted by Gasteiger charge is 2.31. The van der Waals surface area contributed by atoms with Crippen molar-refractivity contribution >= 4 is 23.2 Å². The number of H-pyrrole nitrogens is 1. The second kappa shape index (κ2) is 8.55. The zero-order valence-corrected chi connectivity index (χ0v) is 17.4. The number of thioether (sulfide) groups is 1. The summed E-state index contributed by atoms with van der Waals surface area (Å²) in [5.74, 6) is 0.238. The third kappa shape index (κ3) is 6.37. The molecule has 0 spiro atoms. The number of amides is 1. The Balaban J connectivity index is 1.62. The lowest BCUT2D eigenvalue weighted by Crippen LogP contribution is -2.40. The minimum atomic E-state index is -4.32. The first-order valence-electron chi connectivity index (χ1n) is 9.74. The molecule has 2 N–H and O–H groups in total. The number of carbonyl (C=O) groups is 1. The summed E-state index contributed by atoms with van der Waals surface area (Å²) in [6, 6.07) is 1.62. The average molecular weight is 430 g/mol. The maximum Gasteiger partial charge on any atom is 0.446 e. The molecule has 2 aliphatic rings. The number of aliphatic hydroxyl groups is 1. The van der Waals surface area contributed by atoms with Gasteiger partial charge in [0, 0.05) is 18.0 Å². The maximum atomic E-state index is 12.8. The molecule has 0 saturated carbocycles.